The van der Waals surface area contributed by atoms with Gasteiger partial charge < -0.3 is 4.74 Å². The van der Waals surface area contributed by atoms with Crippen LogP contribution in [0.1, 0.15) is 11.5 Å². The fraction of sp³-hybridized carbons (Fsp3) is 0.267. The molecule has 1 fully saturated rings. The number of nitriles is 1. The van der Waals surface area contributed by atoms with Crippen molar-refractivity contribution in [1.29, 1.82) is 5.26 Å². The van der Waals surface area contributed by atoms with Crippen LogP contribution in [0.4, 0.5) is 4.39 Å². The second kappa shape index (κ2) is 4.66. The van der Waals surface area contributed by atoms with Gasteiger partial charge in [-0.2, -0.15) is 5.26 Å². The van der Waals surface area contributed by atoms with Gasteiger partial charge in [0.05, 0.1) is 25.0 Å². The molecule has 1 aromatic heterocycles. The van der Waals surface area contributed by atoms with Crippen LogP contribution in [0.5, 0.6) is 0 Å². The highest BCUT2D eigenvalue weighted by Crippen LogP contribution is 2.31. The molecule has 1 aromatic carbocycles. The van der Waals surface area contributed by atoms with Gasteiger partial charge in [-0.1, -0.05) is 12.1 Å². The van der Waals surface area contributed by atoms with E-state index in [-0.39, 0.29) is 19.0 Å². The summed E-state index contributed by atoms with van der Waals surface area (Å²) in [4.78, 5) is 8.69. The highest BCUT2D eigenvalue weighted by molar-refractivity contribution is 5.60. The van der Waals surface area contributed by atoms with Crippen LogP contribution in [0.3, 0.4) is 0 Å². The van der Waals surface area contributed by atoms with Crippen LogP contribution in [0, 0.1) is 24.1 Å². The van der Waals surface area contributed by atoms with Gasteiger partial charge in [0.15, 0.2) is 11.2 Å². The first-order valence-corrected chi connectivity index (χ1v) is 6.25. The fourth-order valence-electron chi connectivity index (χ4n) is 2.14. The molecule has 2 heterocycles. The van der Waals surface area contributed by atoms with Crippen molar-refractivity contribution < 1.29 is 9.13 Å². The van der Waals surface area contributed by atoms with Gasteiger partial charge in [-0.05, 0) is 25.1 Å². The maximum atomic E-state index is 13.9. The minimum Gasteiger partial charge on any atom is -0.377 e. The molecule has 0 atom stereocenters. The summed E-state index contributed by atoms with van der Waals surface area (Å²) in [5.74, 6) is 0.0666. The largest absolute Gasteiger partial charge is 0.377 e. The monoisotopic (exact) mass is 269 g/mol. The lowest BCUT2D eigenvalue weighted by atomic mass is 9.86. The molecule has 1 saturated heterocycles. The van der Waals surface area contributed by atoms with Crippen LogP contribution in [-0.4, -0.2) is 23.2 Å². The predicted molar refractivity (Wildman–Crippen MR) is 70.3 cm³/mol. The topological polar surface area (TPSA) is 58.8 Å². The van der Waals surface area contributed by atoms with E-state index in [1.807, 2.05) is 0 Å². The molecule has 5 heteroatoms. The third-order valence-corrected chi connectivity index (χ3v) is 3.34. The quantitative estimate of drug-likeness (QED) is 0.840. The van der Waals surface area contributed by atoms with Crippen LogP contribution >= 0.6 is 0 Å². The van der Waals surface area contributed by atoms with Crippen LogP contribution in [0.25, 0.3) is 11.3 Å². The number of benzene rings is 1. The molecule has 4 nitrogen and oxygen atoms in total. The van der Waals surface area contributed by atoms with Crippen LogP contribution in [-0.2, 0) is 10.2 Å². The number of ether oxygens (including phenoxy) is 1. The minimum absolute atomic E-state index is 0.281. The molecule has 0 amide bonds. The number of hydrogen-bond donors (Lipinski definition) is 0. The molecular formula is C15H12FN3O. The predicted octanol–water partition coefficient (Wildman–Crippen LogP) is 2.38. The van der Waals surface area contributed by atoms with E-state index < -0.39 is 5.41 Å². The number of aromatic nitrogens is 2. The van der Waals surface area contributed by atoms with Crippen LogP contribution in [0.2, 0.25) is 0 Å². The Balaban J connectivity index is 2.13. The first-order chi connectivity index (χ1) is 9.64. The smallest absolute Gasteiger partial charge is 0.163 e. The fourth-order valence-corrected chi connectivity index (χ4v) is 2.14. The lowest BCUT2D eigenvalue weighted by molar-refractivity contribution is -0.0339. The van der Waals surface area contributed by atoms with Crippen molar-refractivity contribution in [1.82, 2.24) is 9.97 Å². The summed E-state index contributed by atoms with van der Waals surface area (Å²) in [5, 5.41) is 9.31. The Hall–Kier alpha value is -2.32. The second-order valence-electron chi connectivity index (χ2n) is 4.88. The SMILES string of the molecule is Cc1cc(-c2ccccc2F)nc(C2(C#N)COC2)n1. The Morgan fingerprint density at radius 2 is 2.05 bits per heavy atom. The third-order valence-electron chi connectivity index (χ3n) is 3.34. The van der Waals surface area contributed by atoms with Crippen molar-refractivity contribution in [3.05, 3.63) is 47.7 Å². The summed E-state index contributed by atoms with van der Waals surface area (Å²) >= 11 is 0. The van der Waals surface area contributed by atoms with Crippen molar-refractivity contribution in [2.24, 2.45) is 0 Å². The summed E-state index contributed by atoms with van der Waals surface area (Å²) in [5.41, 5.74) is 0.806. The van der Waals surface area contributed by atoms with E-state index in [9.17, 15) is 9.65 Å². The van der Waals surface area contributed by atoms with Crippen molar-refractivity contribution >= 4 is 0 Å². The van der Waals surface area contributed by atoms with Gasteiger partial charge in [0.2, 0.25) is 0 Å². The molecule has 0 unspecified atom stereocenters. The molecular weight excluding hydrogens is 257 g/mol. The summed E-state index contributed by atoms with van der Waals surface area (Å²) in [6.45, 7) is 2.37. The molecule has 0 saturated carbocycles. The van der Waals surface area contributed by atoms with Gasteiger partial charge in [0.1, 0.15) is 5.82 Å². The number of rotatable bonds is 2. The number of hydrogen-bond acceptors (Lipinski definition) is 4. The van der Waals surface area contributed by atoms with E-state index in [0.29, 0.717) is 22.8 Å². The molecule has 100 valence electrons. The first kappa shape index (κ1) is 12.7. The number of halogens is 1. The highest BCUT2D eigenvalue weighted by Gasteiger charge is 2.44. The van der Waals surface area contributed by atoms with E-state index in [1.165, 1.54) is 6.07 Å². The summed E-state index contributed by atoms with van der Waals surface area (Å²) < 4.78 is 19.0. The van der Waals surface area contributed by atoms with E-state index in [2.05, 4.69) is 16.0 Å². The minimum atomic E-state index is -0.800. The lowest BCUT2D eigenvalue weighted by Gasteiger charge is -2.33. The summed E-state index contributed by atoms with van der Waals surface area (Å²) in [6.07, 6.45) is 0. The van der Waals surface area contributed by atoms with Gasteiger partial charge in [0.25, 0.3) is 0 Å². The van der Waals surface area contributed by atoms with Gasteiger partial charge >= 0.3 is 0 Å². The van der Waals surface area contributed by atoms with Crippen molar-refractivity contribution in [3.63, 3.8) is 0 Å². The average Bonchev–Trinajstić information content (AvgIpc) is 2.38. The standard InChI is InChI=1S/C15H12FN3O/c1-10-6-13(11-4-2-3-5-12(11)16)19-14(18-10)15(7-17)8-20-9-15/h2-6H,8-9H2,1H3. The van der Waals surface area contributed by atoms with Crippen molar-refractivity contribution in [3.8, 4) is 17.3 Å². The van der Waals surface area contributed by atoms with Gasteiger partial charge in [-0.3, -0.25) is 0 Å². The normalized spacial score (nSPS) is 16.2. The van der Waals surface area contributed by atoms with Crippen LogP contribution < -0.4 is 0 Å². The Bertz CT molecular complexity index is 705. The molecule has 0 bridgehead atoms. The molecule has 0 spiro atoms. The molecule has 2 aromatic rings. The summed E-state index contributed by atoms with van der Waals surface area (Å²) in [7, 11) is 0. The Labute approximate surface area is 115 Å². The van der Waals surface area contributed by atoms with Gasteiger partial charge in [-0.15, -0.1) is 0 Å². The molecule has 0 aliphatic carbocycles. The highest BCUT2D eigenvalue weighted by atomic mass is 19.1. The van der Waals surface area contributed by atoms with E-state index >= 15 is 0 Å². The molecule has 20 heavy (non-hydrogen) atoms. The zero-order chi connectivity index (χ0) is 14.2. The maximum Gasteiger partial charge on any atom is 0.163 e. The second-order valence-corrected chi connectivity index (χ2v) is 4.88. The third kappa shape index (κ3) is 1.95. The molecule has 1 aliphatic rings. The Morgan fingerprint density at radius 3 is 2.65 bits per heavy atom. The lowest BCUT2D eigenvalue weighted by Crippen LogP contribution is -2.47. The number of aryl methyl sites for hydroxylation is 1. The van der Waals surface area contributed by atoms with E-state index in [1.54, 1.807) is 31.2 Å². The summed E-state index contributed by atoms with van der Waals surface area (Å²) in [6, 6.07) is 10.4. The average molecular weight is 269 g/mol. The van der Waals surface area contributed by atoms with Gasteiger partial charge in [-0.25, -0.2) is 14.4 Å². The van der Waals surface area contributed by atoms with E-state index in [4.69, 9.17) is 4.74 Å². The van der Waals surface area contributed by atoms with Crippen molar-refractivity contribution in [2.75, 3.05) is 13.2 Å². The molecule has 1 aliphatic heterocycles. The van der Waals surface area contributed by atoms with Crippen LogP contribution in [0.15, 0.2) is 30.3 Å². The molecule has 0 N–H and O–H groups in total. The Kier molecular flexibility index (Phi) is 2.96. The first-order valence-electron chi connectivity index (χ1n) is 6.25. The zero-order valence-corrected chi connectivity index (χ0v) is 10.9. The number of nitrogens with zero attached hydrogens (tertiary/aromatic N) is 3. The van der Waals surface area contributed by atoms with E-state index in [0.717, 1.165) is 0 Å². The molecule has 0 radical (unpaired) electrons. The zero-order valence-electron chi connectivity index (χ0n) is 10.9. The molecule has 3 rings (SSSR count). The van der Waals surface area contributed by atoms with Gasteiger partial charge in [0, 0.05) is 11.3 Å². The maximum absolute atomic E-state index is 13.9. The Morgan fingerprint density at radius 1 is 1.30 bits per heavy atom. The van der Waals surface area contributed by atoms with Crippen molar-refractivity contribution in [2.45, 2.75) is 12.3 Å².